The minimum atomic E-state index is -0.353. The van der Waals surface area contributed by atoms with E-state index in [1.165, 1.54) is 25.7 Å². The number of carbonyl (C=O) groups excluding carboxylic acids is 1. The maximum Gasteiger partial charge on any atom is 0.338 e. The summed E-state index contributed by atoms with van der Waals surface area (Å²) in [6.45, 7) is 5.04. The van der Waals surface area contributed by atoms with Crippen molar-refractivity contribution in [3.05, 3.63) is 53.2 Å². The van der Waals surface area contributed by atoms with E-state index < -0.39 is 0 Å². The van der Waals surface area contributed by atoms with Gasteiger partial charge < -0.3 is 19.1 Å². The van der Waals surface area contributed by atoms with Crippen molar-refractivity contribution in [2.75, 3.05) is 19.7 Å². The number of aromatic hydroxyl groups is 1. The second-order valence-electron chi connectivity index (χ2n) is 7.79. The maximum atomic E-state index is 11.8. The van der Waals surface area contributed by atoms with E-state index in [0.29, 0.717) is 35.7 Å². The summed E-state index contributed by atoms with van der Waals surface area (Å²) in [5, 5.41) is 15.5. The standard InChI is InChI=1S/C24H28N2O5/c1-2-29-24(28)17-7-9-18(10-8-17)30-16-21-19-11-12-22(27)20(23(19)31-25-21)15-26-13-5-3-4-6-14-26/h7-12,27H,2-6,13-16H2,1H3. The van der Waals surface area contributed by atoms with Gasteiger partial charge in [0, 0.05) is 11.9 Å². The second kappa shape index (κ2) is 9.83. The van der Waals surface area contributed by atoms with Gasteiger partial charge in [0.2, 0.25) is 0 Å². The first kappa shape index (κ1) is 21.2. The molecule has 0 spiro atoms. The van der Waals surface area contributed by atoms with Crippen LogP contribution in [0.3, 0.4) is 0 Å². The fourth-order valence-corrected chi connectivity index (χ4v) is 3.93. The number of ether oxygens (including phenoxy) is 2. The van der Waals surface area contributed by atoms with Crippen molar-refractivity contribution >= 4 is 16.9 Å². The summed E-state index contributed by atoms with van der Waals surface area (Å²) in [7, 11) is 0. The van der Waals surface area contributed by atoms with Crippen molar-refractivity contribution < 1.29 is 23.9 Å². The zero-order valence-electron chi connectivity index (χ0n) is 17.8. The molecule has 0 unspecified atom stereocenters. The van der Waals surface area contributed by atoms with E-state index in [-0.39, 0.29) is 18.3 Å². The number of phenolic OH excluding ortho intramolecular Hbond substituents is 1. The summed E-state index contributed by atoms with van der Waals surface area (Å²) in [5.74, 6) is 0.496. The van der Waals surface area contributed by atoms with Crippen molar-refractivity contribution in [3.8, 4) is 11.5 Å². The Labute approximate surface area is 181 Å². The van der Waals surface area contributed by atoms with Crippen molar-refractivity contribution in [2.45, 2.75) is 45.8 Å². The second-order valence-corrected chi connectivity index (χ2v) is 7.79. The lowest BCUT2D eigenvalue weighted by Crippen LogP contribution is -2.24. The van der Waals surface area contributed by atoms with Crippen LogP contribution in [0.1, 0.15) is 54.2 Å². The molecule has 0 amide bonds. The Morgan fingerprint density at radius 1 is 1.10 bits per heavy atom. The highest BCUT2D eigenvalue weighted by Crippen LogP contribution is 2.31. The predicted octanol–water partition coefficient (Wildman–Crippen LogP) is 4.67. The van der Waals surface area contributed by atoms with Gasteiger partial charge in [-0.3, -0.25) is 4.90 Å². The maximum absolute atomic E-state index is 11.8. The zero-order chi connectivity index (χ0) is 21.6. The highest BCUT2D eigenvalue weighted by molar-refractivity contribution is 5.89. The van der Waals surface area contributed by atoms with Crippen LogP contribution in [0.15, 0.2) is 40.9 Å². The molecule has 0 atom stereocenters. The molecule has 1 saturated heterocycles. The van der Waals surface area contributed by atoms with Crippen LogP contribution in [0.2, 0.25) is 0 Å². The molecular formula is C24H28N2O5. The molecule has 31 heavy (non-hydrogen) atoms. The zero-order valence-corrected chi connectivity index (χ0v) is 17.8. The van der Waals surface area contributed by atoms with Crippen LogP contribution in [0.5, 0.6) is 11.5 Å². The van der Waals surface area contributed by atoms with Crippen LogP contribution in [0, 0.1) is 0 Å². The van der Waals surface area contributed by atoms with E-state index in [1.54, 1.807) is 37.3 Å². The van der Waals surface area contributed by atoms with Crippen molar-refractivity contribution in [1.82, 2.24) is 10.1 Å². The molecule has 3 aromatic rings. The van der Waals surface area contributed by atoms with E-state index in [4.69, 9.17) is 14.0 Å². The number of benzene rings is 2. The number of phenols is 1. The number of nitrogens with zero attached hydrogens (tertiary/aromatic N) is 2. The number of likely N-dealkylation sites (tertiary alicyclic amines) is 1. The van der Waals surface area contributed by atoms with E-state index in [9.17, 15) is 9.90 Å². The molecule has 1 N–H and O–H groups in total. The largest absolute Gasteiger partial charge is 0.507 e. The van der Waals surface area contributed by atoms with Gasteiger partial charge in [-0.05, 0) is 69.3 Å². The van der Waals surface area contributed by atoms with Gasteiger partial charge in [-0.1, -0.05) is 18.0 Å². The Morgan fingerprint density at radius 2 is 1.84 bits per heavy atom. The molecule has 7 nitrogen and oxygen atoms in total. The molecule has 1 aliphatic heterocycles. The van der Waals surface area contributed by atoms with Crippen molar-refractivity contribution in [2.24, 2.45) is 0 Å². The van der Waals surface area contributed by atoms with Gasteiger partial charge in [-0.2, -0.15) is 0 Å². The minimum absolute atomic E-state index is 0.222. The Bertz CT molecular complexity index is 1020. The Hall–Kier alpha value is -3.06. The first-order valence-corrected chi connectivity index (χ1v) is 10.9. The Balaban J connectivity index is 1.47. The van der Waals surface area contributed by atoms with Gasteiger partial charge in [0.1, 0.15) is 23.8 Å². The molecule has 2 heterocycles. The normalized spacial score (nSPS) is 15.0. The summed E-state index contributed by atoms with van der Waals surface area (Å²) in [4.78, 5) is 14.1. The molecule has 4 rings (SSSR count). The van der Waals surface area contributed by atoms with Crippen molar-refractivity contribution in [3.63, 3.8) is 0 Å². The number of aromatic nitrogens is 1. The quantitative estimate of drug-likeness (QED) is 0.552. The van der Waals surface area contributed by atoms with Gasteiger partial charge in [-0.25, -0.2) is 4.79 Å². The number of esters is 1. The first-order chi connectivity index (χ1) is 15.2. The van der Waals surface area contributed by atoms with Crippen LogP contribution < -0.4 is 4.74 Å². The lowest BCUT2D eigenvalue weighted by molar-refractivity contribution is 0.0526. The topological polar surface area (TPSA) is 85.0 Å². The summed E-state index contributed by atoms with van der Waals surface area (Å²) >= 11 is 0. The summed E-state index contributed by atoms with van der Waals surface area (Å²) in [5.41, 5.74) is 2.54. The number of fused-ring (bicyclic) bond motifs is 1. The Morgan fingerprint density at radius 3 is 2.55 bits per heavy atom. The van der Waals surface area contributed by atoms with E-state index in [0.717, 1.165) is 24.0 Å². The van der Waals surface area contributed by atoms with E-state index in [1.807, 2.05) is 6.07 Å². The van der Waals surface area contributed by atoms with Crippen LogP contribution in [-0.4, -0.2) is 40.8 Å². The molecule has 7 heteroatoms. The fourth-order valence-electron chi connectivity index (χ4n) is 3.93. The van der Waals surface area contributed by atoms with Crippen molar-refractivity contribution in [1.29, 1.82) is 0 Å². The highest BCUT2D eigenvalue weighted by atomic mass is 16.5. The van der Waals surface area contributed by atoms with Gasteiger partial charge in [-0.15, -0.1) is 0 Å². The van der Waals surface area contributed by atoms with Gasteiger partial charge in [0.05, 0.1) is 17.7 Å². The molecule has 1 aliphatic rings. The third-order valence-electron chi connectivity index (χ3n) is 5.62. The highest BCUT2D eigenvalue weighted by Gasteiger charge is 2.19. The third kappa shape index (κ3) is 4.99. The first-order valence-electron chi connectivity index (χ1n) is 10.9. The van der Waals surface area contributed by atoms with E-state index in [2.05, 4.69) is 10.1 Å². The third-order valence-corrected chi connectivity index (χ3v) is 5.62. The lowest BCUT2D eigenvalue weighted by atomic mass is 10.1. The van der Waals surface area contributed by atoms with Gasteiger partial charge in [0.25, 0.3) is 0 Å². The molecule has 0 aliphatic carbocycles. The fraction of sp³-hybridized carbons (Fsp3) is 0.417. The van der Waals surface area contributed by atoms with Crippen LogP contribution in [0.4, 0.5) is 0 Å². The summed E-state index contributed by atoms with van der Waals surface area (Å²) < 4.78 is 16.5. The minimum Gasteiger partial charge on any atom is -0.507 e. The number of hydrogen-bond donors (Lipinski definition) is 1. The smallest absolute Gasteiger partial charge is 0.338 e. The number of hydrogen-bond acceptors (Lipinski definition) is 7. The van der Waals surface area contributed by atoms with Crippen LogP contribution >= 0.6 is 0 Å². The summed E-state index contributed by atoms with van der Waals surface area (Å²) in [6.07, 6.45) is 4.89. The van der Waals surface area contributed by atoms with Gasteiger partial charge >= 0.3 is 5.97 Å². The molecule has 0 saturated carbocycles. The molecule has 164 valence electrons. The van der Waals surface area contributed by atoms with E-state index >= 15 is 0 Å². The predicted molar refractivity (Wildman–Crippen MR) is 116 cm³/mol. The molecule has 0 bridgehead atoms. The monoisotopic (exact) mass is 424 g/mol. The summed E-state index contributed by atoms with van der Waals surface area (Å²) in [6, 6.07) is 10.3. The number of rotatable bonds is 7. The van der Waals surface area contributed by atoms with Gasteiger partial charge in [0.15, 0.2) is 5.58 Å². The SMILES string of the molecule is CCOC(=O)c1ccc(OCc2noc3c(CN4CCCCCC4)c(O)ccc23)cc1. The number of carbonyl (C=O) groups is 1. The molecule has 2 aromatic carbocycles. The molecular weight excluding hydrogens is 396 g/mol. The average Bonchev–Trinajstić information content (AvgIpc) is 3.01. The lowest BCUT2D eigenvalue weighted by Gasteiger charge is -2.20. The van der Waals surface area contributed by atoms with Crippen LogP contribution in [0.25, 0.3) is 11.0 Å². The molecule has 1 aromatic heterocycles. The Kier molecular flexibility index (Phi) is 6.72. The molecule has 0 radical (unpaired) electrons. The average molecular weight is 424 g/mol. The molecule has 1 fully saturated rings. The van der Waals surface area contributed by atoms with Crippen LogP contribution in [-0.2, 0) is 17.9 Å².